The SMILES string of the molecule is Cc1cccc(C(CNC(=O)c2cc(-c3ccncc3)nc3ccccc23)N2CCOCC2)c1. The average Bonchev–Trinajstić information content (AvgIpc) is 2.89. The number of hydrogen-bond donors (Lipinski definition) is 1. The lowest BCUT2D eigenvalue weighted by Gasteiger charge is -2.35. The minimum atomic E-state index is -0.0974. The van der Waals surface area contributed by atoms with Gasteiger partial charge in [-0.15, -0.1) is 0 Å². The number of benzene rings is 2. The molecule has 1 amide bonds. The minimum absolute atomic E-state index is 0.0838. The lowest BCUT2D eigenvalue weighted by atomic mass is 10.0. The highest BCUT2D eigenvalue weighted by molar-refractivity contribution is 6.07. The zero-order valence-corrected chi connectivity index (χ0v) is 19.3. The second-order valence-electron chi connectivity index (χ2n) is 8.60. The fourth-order valence-corrected chi connectivity index (χ4v) is 4.54. The van der Waals surface area contributed by atoms with E-state index in [4.69, 9.17) is 9.72 Å². The standard InChI is InChI=1S/C28H28N4O2/c1-20-5-4-6-22(17-20)27(32-13-15-34-16-14-32)19-30-28(33)24-18-26(21-9-11-29-12-10-21)31-25-8-3-2-7-23(24)25/h2-12,17-18,27H,13-16,19H2,1H3,(H,30,33). The Labute approximate surface area is 199 Å². The van der Waals surface area contributed by atoms with Gasteiger partial charge < -0.3 is 10.1 Å². The van der Waals surface area contributed by atoms with Gasteiger partial charge in [-0.05, 0) is 36.8 Å². The van der Waals surface area contributed by atoms with Crippen LogP contribution < -0.4 is 5.32 Å². The molecule has 6 heteroatoms. The van der Waals surface area contributed by atoms with E-state index in [1.807, 2.05) is 42.5 Å². The summed E-state index contributed by atoms with van der Waals surface area (Å²) in [6.07, 6.45) is 3.47. The van der Waals surface area contributed by atoms with Crippen molar-refractivity contribution in [3.63, 3.8) is 0 Å². The van der Waals surface area contributed by atoms with Crippen molar-refractivity contribution in [1.82, 2.24) is 20.2 Å². The molecule has 0 radical (unpaired) electrons. The van der Waals surface area contributed by atoms with Crippen LogP contribution in [0.15, 0.2) is 79.1 Å². The largest absolute Gasteiger partial charge is 0.379 e. The van der Waals surface area contributed by atoms with Gasteiger partial charge in [0.25, 0.3) is 5.91 Å². The minimum Gasteiger partial charge on any atom is -0.379 e. The monoisotopic (exact) mass is 452 g/mol. The first-order chi connectivity index (χ1) is 16.7. The molecule has 34 heavy (non-hydrogen) atoms. The summed E-state index contributed by atoms with van der Waals surface area (Å²) in [7, 11) is 0. The van der Waals surface area contributed by atoms with Crippen LogP contribution in [0.1, 0.15) is 27.5 Å². The van der Waals surface area contributed by atoms with Gasteiger partial charge in [-0.2, -0.15) is 0 Å². The van der Waals surface area contributed by atoms with Crippen molar-refractivity contribution in [3.05, 3.63) is 95.8 Å². The summed E-state index contributed by atoms with van der Waals surface area (Å²) in [5.41, 5.74) is 5.53. The van der Waals surface area contributed by atoms with Crippen LogP contribution in [0, 0.1) is 6.92 Å². The van der Waals surface area contributed by atoms with Gasteiger partial charge in [-0.25, -0.2) is 4.98 Å². The summed E-state index contributed by atoms with van der Waals surface area (Å²) in [5, 5.41) is 4.07. The number of nitrogens with one attached hydrogen (secondary N) is 1. The van der Waals surface area contributed by atoms with Gasteiger partial charge >= 0.3 is 0 Å². The van der Waals surface area contributed by atoms with Crippen LogP contribution in [0.4, 0.5) is 0 Å². The van der Waals surface area contributed by atoms with Crippen molar-refractivity contribution in [2.75, 3.05) is 32.8 Å². The van der Waals surface area contributed by atoms with Crippen LogP contribution in [-0.4, -0.2) is 53.6 Å². The zero-order chi connectivity index (χ0) is 23.3. The topological polar surface area (TPSA) is 67.4 Å². The highest BCUT2D eigenvalue weighted by Crippen LogP contribution is 2.26. The Hall–Kier alpha value is -3.61. The summed E-state index contributed by atoms with van der Waals surface area (Å²) in [6, 6.07) is 22.1. The Morgan fingerprint density at radius 2 is 1.82 bits per heavy atom. The highest BCUT2D eigenvalue weighted by Gasteiger charge is 2.24. The second kappa shape index (κ2) is 10.1. The molecule has 1 unspecified atom stereocenters. The Bertz CT molecular complexity index is 1290. The van der Waals surface area contributed by atoms with Crippen LogP contribution in [-0.2, 0) is 4.74 Å². The van der Waals surface area contributed by atoms with E-state index < -0.39 is 0 Å². The molecule has 4 aromatic rings. The molecule has 0 bridgehead atoms. The lowest BCUT2D eigenvalue weighted by molar-refractivity contribution is 0.0162. The maximum Gasteiger partial charge on any atom is 0.252 e. The molecule has 2 aromatic carbocycles. The molecule has 0 spiro atoms. The maximum absolute atomic E-state index is 13.5. The van der Waals surface area contributed by atoms with Crippen molar-refractivity contribution in [1.29, 1.82) is 0 Å². The number of fused-ring (bicyclic) bond motifs is 1. The van der Waals surface area contributed by atoms with Crippen LogP contribution >= 0.6 is 0 Å². The van der Waals surface area contributed by atoms with E-state index in [-0.39, 0.29) is 11.9 Å². The second-order valence-corrected chi connectivity index (χ2v) is 8.60. The molecular weight excluding hydrogens is 424 g/mol. The van der Waals surface area contributed by atoms with Gasteiger partial charge in [0.15, 0.2) is 0 Å². The van der Waals surface area contributed by atoms with E-state index in [9.17, 15) is 4.79 Å². The highest BCUT2D eigenvalue weighted by atomic mass is 16.5. The number of amides is 1. The molecule has 1 saturated heterocycles. The van der Waals surface area contributed by atoms with Crippen molar-refractivity contribution >= 4 is 16.8 Å². The van der Waals surface area contributed by atoms with Gasteiger partial charge in [0.2, 0.25) is 0 Å². The van der Waals surface area contributed by atoms with E-state index in [0.717, 1.165) is 35.2 Å². The number of nitrogens with zero attached hydrogens (tertiary/aromatic N) is 3. The third kappa shape index (κ3) is 4.83. The molecule has 0 saturated carbocycles. The molecule has 172 valence electrons. The molecule has 2 aromatic heterocycles. The number of ether oxygens (including phenoxy) is 1. The molecule has 5 rings (SSSR count). The van der Waals surface area contributed by atoms with E-state index in [0.29, 0.717) is 25.3 Å². The number of aryl methyl sites for hydroxylation is 1. The van der Waals surface area contributed by atoms with Crippen molar-refractivity contribution in [2.45, 2.75) is 13.0 Å². The number of carbonyl (C=O) groups excluding carboxylic acids is 1. The smallest absolute Gasteiger partial charge is 0.252 e. The fourth-order valence-electron chi connectivity index (χ4n) is 4.54. The predicted octanol–water partition coefficient (Wildman–Crippen LogP) is 4.41. The summed E-state index contributed by atoms with van der Waals surface area (Å²) < 4.78 is 5.57. The molecule has 3 heterocycles. The number of morpholine rings is 1. The van der Waals surface area contributed by atoms with Crippen LogP contribution in [0.5, 0.6) is 0 Å². The van der Waals surface area contributed by atoms with E-state index >= 15 is 0 Å². The normalized spacial score (nSPS) is 15.2. The van der Waals surface area contributed by atoms with Gasteiger partial charge in [0.05, 0.1) is 36.0 Å². The van der Waals surface area contributed by atoms with E-state index in [1.165, 1.54) is 11.1 Å². The molecule has 1 N–H and O–H groups in total. The molecular formula is C28H28N4O2. The van der Waals surface area contributed by atoms with Gasteiger partial charge in [-0.1, -0.05) is 48.0 Å². The van der Waals surface area contributed by atoms with Gasteiger partial charge in [0.1, 0.15) is 0 Å². The number of hydrogen-bond acceptors (Lipinski definition) is 5. The Kier molecular flexibility index (Phi) is 6.60. The average molecular weight is 453 g/mol. The molecule has 1 aliphatic heterocycles. The van der Waals surface area contributed by atoms with Gasteiger partial charge in [-0.3, -0.25) is 14.7 Å². The molecule has 1 fully saturated rings. The molecule has 1 atom stereocenters. The van der Waals surface area contributed by atoms with Crippen LogP contribution in [0.2, 0.25) is 0 Å². The van der Waals surface area contributed by atoms with Crippen LogP contribution in [0.3, 0.4) is 0 Å². The summed E-state index contributed by atoms with van der Waals surface area (Å²) in [5.74, 6) is -0.0974. The number of para-hydroxylation sites is 1. The Morgan fingerprint density at radius 1 is 1.03 bits per heavy atom. The van der Waals surface area contributed by atoms with E-state index in [1.54, 1.807) is 12.4 Å². The predicted molar refractivity (Wildman–Crippen MR) is 134 cm³/mol. The maximum atomic E-state index is 13.5. The first-order valence-corrected chi connectivity index (χ1v) is 11.7. The number of carbonyl (C=O) groups is 1. The molecule has 1 aliphatic rings. The Balaban J connectivity index is 1.45. The number of pyridine rings is 2. The Morgan fingerprint density at radius 3 is 2.62 bits per heavy atom. The number of rotatable bonds is 6. The fraction of sp³-hybridized carbons (Fsp3) is 0.250. The zero-order valence-electron chi connectivity index (χ0n) is 19.3. The summed E-state index contributed by atoms with van der Waals surface area (Å²) in [4.78, 5) is 24.8. The van der Waals surface area contributed by atoms with Gasteiger partial charge in [0, 0.05) is 43.0 Å². The number of aromatic nitrogens is 2. The third-order valence-electron chi connectivity index (χ3n) is 6.31. The third-order valence-corrected chi connectivity index (χ3v) is 6.31. The molecule has 0 aliphatic carbocycles. The lowest BCUT2D eigenvalue weighted by Crippen LogP contribution is -2.43. The van der Waals surface area contributed by atoms with Crippen molar-refractivity contribution in [2.24, 2.45) is 0 Å². The van der Waals surface area contributed by atoms with Crippen LogP contribution in [0.25, 0.3) is 22.2 Å². The summed E-state index contributed by atoms with van der Waals surface area (Å²) >= 11 is 0. The van der Waals surface area contributed by atoms with Crippen molar-refractivity contribution < 1.29 is 9.53 Å². The summed E-state index contributed by atoms with van der Waals surface area (Å²) in [6.45, 7) is 5.73. The first kappa shape index (κ1) is 22.2. The quantitative estimate of drug-likeness (QED) is 0.469. The molecule has 6 nitrogen and oxygen atoms in total. The first-order valence-electron chi connectivity index (χ1n) is 11.7. The van der Waals surface area contributed by atoms with Crippen molar-refractivity contribution in [3.8, 4) is 11.3 Å². The van der Waals surface area contributed by atoms with E-state index in [2.05, 4.69) is 46.4 Å².